The number of aromatic nitrogens is 2. The van der Waals surface area contributed by atoms with Crippen LogP contribution in [-0.2, 0) is 11.3 Å². The Balaban J connectivity index is 2.95. The molecular formula is C13H18N4O4. The minimum Gasteiger partial charge on any atom is -0.494 e. The maximum Gasteiger partial charge on any atom is 0.331 e. The predicted molar refractivity (Wildman–Crippen MR) is 78.4 cm³/mol. The number of aromatic hydroxyl groups is 1. The zero-order valence-electron chi connectivity index (χ0n) is 11.8. The molecule has 1 heterocycles. The average Bonchev–Trinajstić information content (AvgIpc) is 2.44. The summed E-state index contributed by atoms with van der Waals surface area (Å²) in [5.74, 6) is -0.821. The predicted octanol–water partition coefficient (Wildman–Crippen LogP) is 0.0685. The highest BCUT2D eigenvalue weighted by molar-refractivity contribution is 5.83. The topological polar surface area (TPSA) is 117 Å². The van der Waals surface area contributed by atoms with Crippen LogP contribution in [0.25, 0.3) is 0 Å². The summed E-state index contributed by atoms with van der Waals surface area (Å²) in [4.78, 5) is 36.5. The van der Waals surface area contributed by atoms with Crippen molar-refractivity contribution in [3.05, 3.63) is 39.1 Å². The Morgan fingerprint density at radius 2 is 2.24 bits per heavy atom. The number of H-pyrrole nitrogens is 1. The van der Waals surface area contributed by atoms with Crippen molar-refractivity contribution < 1.29 is 9.90 Å². The number of aromatic amines is 1. The summed E-state index contributed by atoms with van der Waals surface area (Å²) in [5.41, 5.74) is 0.494. The number of hydrazone groups is 1. The van der Waals surface area contributed by atoms with Gasteiger partial charge in [-0.25, -0.2) is 10.2 Å². The van der Waals surface area contributed by atoms with Gasteiger partial charge in [0, 0.05) is 13.0 Å². The molecule has 0 aliphatic rings. The number of carbonyl (C=O) groups excluding carboxylic acids is 1. The molecule has 8 heteroatoms. The number of amides is 1. The van der Waals surface area contributed by atoms with Crippen LogP contribution in [-0.4, -0.2) is 26.8 Å². The van der Waals surface area contributed by atoms with Gasteiger partial charge in [0.15, 0.2) is 0 Å². The molecule has 0 saturated heterocycles. The van der Waals surface area contributed by atoms with E-state index in [1.165, 1.54) is 6.08 Å². The van der Waals surface area contributed by atoms with Crippen LogP contribution >= 0.6 is 0 Å². The monoisotopic (exact) mass is 294 g/mol. The van der Waals surface area contributed by atoms with Gasteiger partial charge in [0.05, 0.1) is 6.21 Å². The fourth-order valence-electron chi connectivity index (χ4n) is 1.55. The Morgan fingerprint density at radius 1 is 1.52 bits per heavy atom. The number of rotatable bonds is 7. The average molecular weight is 294 g/mol. The minimum atomic E-state index is -0.788. The number of unbranched alkanes of at least 4 members (excludes halogenated alkanes) is 1. The Morgan fingerprint density at radius 3 is 2.86 bits per heavy atom. The molecule has 0 aromatic carbocycles. The van der Waals surface area contributed by atoms with Crippen LogP contribution in [0.5, 0.6) is 5.88 Å². The lowest BCUT2D eigenvalue weighted by molar-refractivity contribution is -0.121. The Labute approximate surface area is 120 Å². The molecule has 21 heavy (non-hydrogen) atoms. The van der Waals surface area contributed by atoms with E-state index < -0.39 is 17.1 Å². The van der Waals surface area contributed by atoms with Gasteiger partial charge in [0.2, 0.25) is 11.8 Å². The quantitative estimate of drug-likeness (QED) is 0.375. The molecule has 0 fully saturated rings. The van der Waals surface area contributed by atoms with Crippen LogP contribution in [0.1, 0.15) is 31.7 Å². The molecular weight excluding hydrogens is 276 g/mol. The lowest BCUT2D eigenvalue weighted by atomic mass is 10.2. The van der Waals surface area contributed by atoms with Crippen LogP contribution in [0, 0.1) is 0 Å². The molecule has 1 amide bonds. The van der Waals surface area contributed by atoms with Crippen molar-refractivity contribution in [3.8, 4) is 5.88 Å². The van der Waals surface area contributed by atoms with Crippen LogP contribution in [0.15, 0.2) is 27.3 Å². The number of carbonyl (C=O) groups is 1. The largest absolute Gasteiger partial charge is 0.494 e. The minimum absolute atomic E-state index is 0.0329. The van der Waals surface area contributed by atoms with E-state index in [9.17, 15) is 19.5 Å². The molecule has 1 aromatic rings. The fourth-order valence-corrected chi connectivity index (χ4v) is 1.55. The highest BCUT2D eigenvalue weighted by atomic mass is 16.3. The summed E-state index contributed by atoms with van der Waals surface area (Å²) < 4.78 is 0.925. The van der Waals surface area contributed by atoms with E-state index in [0.717, 1.165) is 23.6 Å². The van der Waals surface area contributed by atoms with E-state index in [0.29, 0.717) is 6.42 Å². The van der Waals surface area contributed by atoms with Crippen molar-refractivity contribution in [2.75, 3.05) is 0 Å². The summed E-state index contributed by atoms with van der Waals surface area (Å²) in [5, 5.41) is 13.5. The molecule has 0 unspecified atom stereocenters. The Bertz CT molecular complexity index is 657. The molecule has 0 spiro atoms. The molecule has 8 nitrogen and oxygen atoms in total. The number of hydrogen-bond acceptors (Lipinski definition) is 5. The second-order valence-electron chi connectivity index (χ2n) is 4.29. The number of allylic oxidation sites excluding steroid dienone is 1. The summed E-state index contributed by atoms with van der Waals surface area (Å²) in [7, 11) is 0. The van der Waals surface area contributed by atoms with Crippen LogP contribution in [0.4, 0.5) is 0 Å². The van der Waals surface area contributed by atoms with Crippen molar-refractivity contribution in [1.82, 2.24) is 15.0 Å². The van der Waals surface area contributed by atoms with Gasteiger partial charge in [0.1, 0.15) is 5.56 Å². The lowest BCUT2D eigenvalue weighted by Crippen LogP contribution is -2.32. The summed E-state index contributed by atoms with van der Waals surface area (Å²) in [6.45, 7) is 5.44. The van der Waals surface area contributed by atoms with Gasteiger partial charge in [-0.2, -0.15) is 5.10 Å². The Kier molecular flexibility index (Phi) is 6.12. The summed E-state index contributed by atoms with van der Waals surface area (Å²) >= 11 is 0. The van der Waals surface area contributed by atoms with E-state index in [-0.39, 0.29) is 18.0 Å². The van der Waals surface area contributed by atoms with Crippen LogP contribution < -0.4 is 16.7 Å². The molecule has 1 rings (SSSR count). The fraction of sp³-hybridized carbons (Fsp3) is 0.385. The van der Waals surface area contributed by atoms with Crippen LogP contribution in [0.3, 0.4) is 0 Å². The molecule has 114 valence electrons. The molecule has 0 bridgehead atoms. The highest BCUT2D eigenvalue weighted by Crippen LogP contribution is 2.07. The second kappa shape index (κ2) is 7.83. The van der Waals surface area contributed by atoms with Gasteiger partial charge >= 0.3 is 5.69 Å². The summed E-state index contributed by atoms with van der Waals surface area (Å²) in [6.07, 6.45) is 4.33. The molecule has 0 aliphatic heterocycles. The first-order chi connectivity index (χ1) is 10.0. The maximum absolute atomic E-state index is 11.6. The van der Waals surface area contributed by atoms with E-state index in [1.54, 1.807) is 0 Å². The van der Waals surface area contributed by atoms with Crippen molar-refractivity contribution in [2.24, 2.45) is 5.10 Å². The van der Waals surface area contributed by atoms with Gasteiger partial charge in [-0.1, -0.05) is 19.4 Å². The van der Waals surface area contributed by atoms with Crippen LogP contribution in [0.2, 0.25) is 0 Å². The van der Waals surface area contributed by atoms with E-state index >= 15 is 0 Å². The SMILES string of the molecule is C=CCn1c(O)c(/C=N/NC(=O)CCCC)c(=O)[nH]c1=O. The molecule has 0 aliphatic carbocycles. The van der Waals surface area contributed by atoms with Crippen molar-refractivity contribution >= 4 is 12.1 Å². The third-order valence-electron chi connectivity index (χ3n) is 2.66. The molecule has 1 aromatic heterocycles. The molecule has 0 saturated carbocycles. The van der Waals surface area contributed by atoms with Crippen molar-refractivity contribution in [3.63, 3.8) is 0 Å². The second-order valence-corrected chi connectivity index (χ2v) is 4.29. The third kappa shape index (κ3) is 4.44. The van der Waals surface area contributed by atoms with Gasteiger partial charge in [-0.15, -0.1) is 6.58 Å². The molecule has 3 N–H and O–H groups in total. The van der Waals surface area contributed by atoms with Gasteiger partial charge in [-0.3, -0.25) is 19.1 Å². The zero-order valence-corrected chi connectivity index (χ0v) is 11.8. The van der Waals surface area contributed by atoms with E-state index in [2.05, 4.69) is 17.1 Å². The first kappa shape index (κ1) is 16.4. The van der Waals surface area contributed by atoms with E-state index in [4.69, 9.17) is 0 Å². The normalized spacial score (nSPS) is 10.7. The number of nitrogens with zero attached hydrogens (tertiary/aromatic N) is 2. The first-order valence-corrected chi connectivity index (χ1v) is 6.50. The van der Waals surface area contributed by atoms with Gasteiger partial charge < -0.3 is 5.11 Å². The Hall–Kier alpha value is -2.64. The number of nitrogens with one attached hydrogen (secondary N) is 2. The third-order valence-corrected chi connectivity index (χ3v) is 2.66. The maximum atomic E-state index is 11.6. The number of hydrogen-bond donors (Lipinski definition) is 3. The standard InChI is InChI=1S/C13H18N4O4/c1-3-5-6-10(18)16-14-8-9-11(19)15-13(21)17(7-4-2)12(9)20/h4,8,20H,2-3,5-7H2,1H3,(H,16,18)(H,15,19,21)/b14-8+. The van der Waals surface area contributed by atoms with Gasteiger partial charge in [0.25, 0.3) is 5.56 Å². The molecule has 0 radical (unpaired) electrons. The van der Waals surface area contributed by atoms with E-state index in [1.807, 2.05) is 11.9 Å². The van der Waals surface area contributed by atoms with Crippen molar-refractivity contribution in [2.45, 2.75) is 32.7 Å². The summed E-state index contributed by atoms with van der Waals surface area (Å²) in [6, 6.07) is 0. The zero-order chi connectivity index (χ0) is 15.8. The van der Waals surface area contributed by atoms with Crippen molar-refractivity contribution in [1.29, 1.82) is 0 Å². The lowest BCUT2D eigenvalue weighted by Gasteiger charge is -2.06. The smallest absolute Gasteiger partial charge is 0.331 e. The molecule has 0 atom stereocenters. The first-order valence-electron chi connectivity index (χ1n) is 6.50. The highest BCUT2D eigenvalue weighted by Gasteiger charge is 2.11. The van der Waals surface area contributed by atoms with Gasteiger partial charge in [-0.05, 0) is 6.42 Å².